The van der Waals surface area contributed by atoms with Gasteiger partial charge in [0.1, 0.15) is 24.4 Å². The highest BCUT2D eigenvalue weighted by Crippen LogP contribution is 2.25. The Morgan fingerprint density at radius 1 is 1.37 bits per heavy atom. The lowest BCUT2D eigenvalue weighted by molar-refractivity contribution is 0.285. The van der Waals surface area contributed by atoms with E-state index < -0.39 is 0 Å². The Hall–Kier alpha value is -2.08. The van der Waals surface area contributed by atoms with E-state index in [1.165, 1.54) is 0 Å². The largest absolute Gasteiger partial charge is 0.497 e. The van der Waals surface area contributed by atoms with Crippen LogP contribution in [0.4, 0.5) is 0 Å². The Labute approximate surface area is 112 Å². The van der Waals surface area contributed by atoms with Crippen molar-refractivity contribution >= 4 is 0 Å². The highest BCUT2D eigenvalue weighted by atomic mass is 16.5. The molecule has 1 N–H and O–H groups in total. The summed E-state index contributed by atoms with van der Waals surface area (Å²) in [4.78, 5) is 0. The molecule has 0 unspecified atom stereocenters. The Balaban J connectivity index is 2.15. The van der Waals surface area contributed by atoms with Crippen LogP contribution in [-0.4, -0.2) is 28.9 Å². The first-order valence-electron chi connectivity index (χ1n) is 6.01. The van der Waals surface area contributed by atoms with Crippen LogP contribution in [0.15, 0.2) is 24.5 Å². The lowest BCUT2D eigenvalue weighted by atomic mass is 10.2. The monoisotopic (exact) mass is 262 g/mol. The average Bonchev–Trinajstić information content (AvgIpc) is 2.83. The fraction of sp³-hybridized carbons (Fsp3) is 0.385. The second-order valence-corrected chi connectivity index (χ2v) is 4.15. The number of methoxy groups -OCH3 is 1. The van der Waals surface area contributed by atoms with Crippen molar-refractivity contribution in [3.05, 3.63) is 35.9 Å². The molecule has 0 amide bonds. The zero-order valence-corrected chi connectivity index (χ0v) is 11.4. The molecule has 1 aromatic carbocycles. The molecule has 0 saturated carbocycles. The van der Waals surface area contributed by atoms with Crippen LogP contribution < -0.4 is 14.8 Å². The first-order chi connectivity index (χ1) is 9.24. The van der Waals surface area contributed by atoms with Gasteiger partial charge in [-0.15, -0.1) is 10.2 Å². The van der Waals surface area contributed by atoms with Crippen LogP contribution in [-0.2, 0) is 20.2 Å². The minimum Gasteiger partial charge on any atom is -0.497 e. The van der Waals surface area contributed by atoms with Crippen molar-refractivity contribution in [3.63, 3.8) is 0 Å². The molecule has 1 heterocycles. The molecule has 0 radical (unpaired) electrons. The van der Waals surface area contributed by atoms with Gasteiger partial charge in [0.05, 0.1) is 7.11 Å². The Morgan fingerprint density at radius 3 is 2.84 bits per heavy atom. The summed E-state index contributed by atoms with van der Waals surface area (Å²) in [6.45, 7) is 1.11. The van der Waals surface area contributed by atoms with E-state index in [0.29, 0.717) is 6.61 Å². The molecule has 6 nitrogen and oxygen atoms in total. The molecule has 0 bridgehead atoms. The van der Waals surface area contributed by atoms with Crippen LogP contribution in [0, 0.1) is 0 Å². The highest BCUT2D eigenvalue weighted by Gasteiger charge is 2.08. The highest BCUT2D eigenvalue weighted by molar-refractivity contribution is 5.40. The zero-order valence-electron chi connectivity index (χ0n) is 11.4. The molecule has 0 fully saturated rings. The number of hydrogen-bond donors (Lipinski definition) is 1. The molecule has 0 aliphatic heterocycles. The standard InChI is InChI=1S/C13H18N4O2/c1-14-7-10-4-5-11(18-3)6-12(10)19-8-13-16-15-9-17(13)2/h4-6,9,14H,7-8H2,1-3H3. The number of aryl methyl sites for hydroxylation is 1. The molecule has 2 rings (SSSR count). The normalized spacial score (nSPS) is 10.5. The van der Waals surface area contributed by atoms with Crippen molar-refractivity contribution in [1.29, 1.82) is 0 Å². The topological polar surface area (TPSA) is 61.2 Å². The van der Waals surface area contributed by atoms with Crippen LogP contribution in [0.1, 0.15) is 11.4 Å². The van der Waals surface area contributed by atoms with E-state index in [4.69, 9.17) is 9.47 Å². The van der Waals surface area contributed by atoms with Gasteiger partial charge in [0.15, 0.2) is 5.82 Å². The zero-order chi connectivity index (χ0) is 13.7. The van der Waals surface area contributed by atoms with Crippen LogP contribution in [0.3, 0.4) is 0 Å². The lowest BCUT2D eigenvalue weighted by Crippen LogP contribution is -2.09. The third kappa shape index (κ3) is 3.23. The van der Waals surface area contributed by atoms with Crippen molar-refractivity contribution in [1.82, 2.24) is 20.1 Å². The number of nitrogens with zero attached hydrogens (tertiary/aromatic N) is 3. The van der Waals surface area contributed by atoms with Gasteiger partial charge >= 0.3 is 0 Å². The summed E-state index contributed by atoms with van der Waals surface area (Å²) in [5.74, 6) is 2.34. The molecule has 19 heavy (non-hydrogen) atoms. The minimum absolute atomic E-state index is 0.375. The third-order valence-corrected chi connectivity index (χ3v) is 2.80. The van der Waals surface area contributed by atoms with Gasteiger partial charge in [-0.3, -0.25) is 0 Å². The number of rotatable bonds is 6. The maximum atomic E-state index is 5.81. The second kappa shape index (κ2) is 6.19. The van der Waals surface area contributed by atoms with E-state index in [2.05, 4.69) is 15.5 Å². The van der Waals surface area contributed by atoms with Crippen molar-refractivity contribution < 1.29 is 9.47 Å². The molecular formula is C13H18N4O2. The van der Waals surface area contributed by atoms with Gasteiger partial charge in [-0.05, 0) is 13.1 Å². The molecule has 0 aliphatic rings. The van der Waals surface area contributed by atoms with Gasteiger partial charge in [-0.1, -0.05) is 6.07 Å². The molecular weight excluding hydrogens is 244 g/mol. The van der Waals surface area contributed by atoms with Crippen molar-refractivity contribution in [3.8, 4) is 11.5 Å². The van der Waals surface area contributed by atoms with Crippen LogP contribution in [0.2, 0.25) is 0 Å². The first kappa shape index (κ1) is 13.4. The molecule has 1 aromatic heterocycles. The van der Waals surface area contributed by atoms with E-state index in [1.807, 2.05) is 36.9 Å². The summed E-state index contributed by atoms with van der Waals surface area (Å²) in [7, 11) is 5.43. The summed E-state index contributed by atoms with van der Waals surface area (Å²) in [5.41, 5.74) is 1.07. The van der Waals surface area contributed by atoms with Gasteiger partial charge < -0.3 is 19.4 Å². The van der Waals surface area contributed by atoms with Gasteiger partial charge in [-0.25, -0.2) is 0 Å². The number of ether oxygens (including phenoxy) is 2. The summed E-state index contributed by atoms with van der Waals surface area (Å²) in [6.07, 6.45) is 1.65. The predicted molar refractivity (Wildman–Crippen MR) is 71.1 cm³/mol. The van der Waals surface area contributed by atoms with Crippen molar-refractivity contribution in [2.24, 2.45) is 7.05 Å². The van der Waals surface area contributed by atoms with Crippen LogP contribution in [0.25, 0.3) is 0 Å². The number of nitrogens with one attached hydrogen (secondary N) is 1. The number of hydrogen-bond acceptors (Lipinski definition) is 5. The second-order valence-electron chi connectivity index (χ2n) is 4.15. The maximum absolute atomic E-state index is 5.81. The summed E-state index contributed by atoms with van der Waals surface area (Å²) >= 11 is 0. The Kier molecular flexibility index (Phi) is 4.35. The summed E-state index contributed by atoms with van der Waals surface area (Å²) in [6, 6.07) is 5.78. The molecule has 0 aliphatic carbocycles. The van der Waals surface area contributed by atoms with Crippen LogP contribution >= 0.6 is 0 Å². The van der Waals surface area contributed by atoms with Gasteiger partial charge in [0.2, 0.25) is 0 Å². The molecule has 0 atom stereocenters. The quantitative estimate of drug-likeness (QED) is 0.845. The summed E-state index contributed by atoms with van der Waals surface area (Å²) < 4.78 is 12.9. The SMILES string of the molecule is CNCc1ccc(OC)cc1OCc1nncn1C. The molecule has 102 valence electrons. The lowest BCUT2D eigenvalue weighted by Gasteiger charge is -2.12. The van der Waals surface area contributed by atoms with Gasteiger partial charge in [0.25, 0.3) is 0 Å². The molecule has 0 saturated heterocycles. The van der Waals surface area contributed by atoms with Crippen molar-refractivity contribution in [2.75, 3.05) is 14.2 Å². The molecule has 6 heteroatoms. The van der Waals surface area contributed by atoms with E-state index in [9.17, 15) is 0 Å². The number of aromatic nitrogens is 3. The number of benzene rings is 1. The smallest absolute Gasteiger partial charge is 0.170 e. The van der Waals surface area contributed by atoms with Gasteiger partial charge in [0, 0.05) is 25.2 Å². The van der Waals surface area contributed by atoms with E-state index in [-0.39, 0.29) is 0 Å². The van der Waals surface area contributed by atoms with Crippen LogP contribution in [0.5, 0.6) is 11.5 Å². The summed E-state index contributed by atoms with van der Waals surface area (Å²) in [5, 5.41) is 10.9. The molecule has 2 aromatic rings. The van der Waals surface area contributed by atoms with Gasteiger partial charge in [-0.2, -0.15) is 0 Å². The van der Waals surface area contributed by atoms with E-state index >= 15 is 0 Å². The van der Waals surface area contributed by atoms with E-state index in [0.717, 1.165) is 29.4 Å². The predicted octanol–water partition coefficient (Wildman–Crippen LogP) is 1.12. The molecule has 0 spiro atoms. The van der Waals surface area contributed by atoms with E-state index in [1.54, 1.807) is 13.4 Å². The average molecular weight is 262 g/mol. The Bertz CT molecular complexity index is 539. The minimum atomic E-state index is 0.375. The third-order valence-electron chi connectivity index (χ3n) is 2.80. The maximum Gasteiger partial charge on any atom is 0.170 e. The Morgan fingerprint density at radius 2 is 2.21 bits per heavy atom. The van der Waals surface area contributed by atoms with Crippen molar-refractivity contribution in [2.45, 2.75) is 13.2 Å². The fourth-order valence-electron chi connectivity index (χ4n) is 1.71. The first-order valence-corrected chi connectivity index (χ1v) is 6.01. The fourth-order valence-corrected chi connectivity index (χ4v) is 1.71.